The second-order valence-electron chi connectivity index (χ2n) is 8.62. The zero-order valence-corrected chi connectivity index (χ0v) is 20.4. The molecule has 0 aliphatic heterocycles. The molecule has 2 aromatic carbocycles. The molecule has 33 heavy (non-hydrogen) atoms. The van der Waals surface area contributed by atoms with Gasteiger partial charge in [0.15, 0.2) is 0 Å². The van der Waals surface area contributed by atoms with Crippen molar-refractivity contribution in [3.63, 3.8) is 0 Å². The number of benzene rings is 2. The molecule has 0 aliphatic rings. The third-order valence-corrected chi connectivity index (χ3v) is 6.32. The summed E-state index contributed by atoms with van der Waals surface area (Å²) < 4.78 is 0. The fourth-order valence-corrected chi connectivity index (χ4v) is 4.47. The minimum atomic E-state index is -0.145. The molecule has 4 nitrogen and oxygen atoms in total. The van der Waals surface area contributed by atoms with Crippen molar-refractivity contribution in [3.8, 4) is 0 Å². The summed E-state index contributed by atoms with van der Waals surface area (Å²) in [5, 5.41) is 2.05. The van der Waals surface area contributed by atoms with E-state index in [1.807, 2.05) is 65.6 Å². The summed E-state index contributed by atoms with van der Waals surface area (Å²) in [5.41, 5.74) is 3.22. The molecule has 172 valence electrons. The van der Waals surface area contributed by atoms with Crippen LogP contribution in [0.2, 0.25) is 0 Å². The lowest BCUT2D eigenvalue weighted by Gasteiger charge is -2.28. The van der Waals surface area contributed by atoms with Gasteiger partial charge >= 0.3 is 0 Å². The van der Waals surface area contributed by atoms with Crippen molar-refractivity contribution in [1.82, 2.24) is 9.80 Å². The number of aryl methyl sites for hydroxylation is 1. The van der Waals surface area contributed by atoms with E-state index in [1.54, 1.807) is 28.4 Å². The largest absolute Gasteiger partial charge is 0.332 e. The minimum Gasteiger partial charge on any atom is -0.332 e. The highest BCUT2D eigenvalue weighted by molar-refractivity contribution is 7.10. The van der Waals surface area contributed by atoms with Gasteiger partial charge in [-0.05, 0) is 47.1 Å². The molecular weight excluding hydrogens is 428 g/mol. The van der Waals surface area contributed by atoms with Crippen molar-refractivity contribution in [2.24, 2.45) is 5.92 Å². The van der Waals surface area contributed by atoms with Gasteiger partial charge in [0.25, 0.3) is 0 Å². The number of hydrogen-bond acceptors (Lipinski definition) is 3. The van der Waals surface area contributed by atoms with Crippen molar-refractivity contribution in [3.05, 3.63) is 99.8 Å². The SMILES string of the molecule is Cc1ccsc1CN(Cc1ccccc1)C(=O)CN(CC(C)C)C(=O)/C=C/c1ccccc1. The van der Waals surface area contributed by atoms with Gasteiger partial charge in [0.2, 0.25) is 11.8 Å². The lowest BCUT2D eigenvalue weighted by Crippen LogP contribution is -2.43. The van der Waals surface area contributed by atoms with Crippen LogP contribution in [0.5, 0.6) is 0 Å². The molecule has 3 rings (SSSR count). The van der Waals surface area contributed by atoms with Crippen molar-refractivity contribution in [2.45, 2.75) is 33.9 Å². The molecule has 3 aromatic rings. The fourth-order valence-electron chi connectivity index (χ4n) is 3.55. The molecule has 0 fully saturated rings. The van der Waals surface area contributed by atoms with Crippen molar-refractivity contribution in [2.75, 3.05) is 13.1 Å². The first kappa shape index (κ1) is 24.5. The average molecular weight is 461 g/mol. The van der Waals surface area contributed by atoms with Crippen LogP contribution in [0.4, 0.5) is 0 Å². The molecule has 2 amide bonds. The second-order valence-corrected chi connectivity index (χ2v) is 9.62. The van der Waals surface area contributed by atoms with Crippen LogP contribution in [-0.4, -0.2) is 34.7 Å². The Morgan fingerprint density at radius 2 is 1.58 bits per heavy atom. The third kappa shape index (κ3) is 7.72. The summed E-state index contributed by atoms with van der Waals surface area (Å²) in [6.07, 6.45) is 3.37. The van der Waals surface area contributed by atoms with E-state index in [9.17, 15) is 9.59 Å². The molecule has 0 saturated carbocycles. The normalized spacial score (nSPS) is 11.2. The zero-order valence-electron chi connectivity index (χ0n) is 19.6. The zero-order chi connectivity index (χ0) is 23.6. The molecule has 0 radical (unpaired) electrons. The van der Waals surface area contributed by atoms with E-state index in [0.717, 1.165) is 11.1 Å². The topological polar surface area (TPSA) is 40.6 Å². The summed E-state index contributed by atoms with van der Waals surface area (Å²) in [4.78, 5) is 31.2. The number of nitrogens with zero attached hydrogens (tertiary/aromatic N) is 2. The minimum absolute atomic E-state index is 0.0474. The van der Waals surface area contributed by atoms with Gasteiger partial charge in [-0.25, -0.2) is 0 Å². The number of rotatable bonds is 10. The Hall–Kier alpha value is -3.18. The number of hydrogen-bond donors (Lipinski definition) is 0. The lowest BCUT2D eigenvalue weighted by atomic mass is 10.1. The first-order valence-electron chi connectivity index (χ1n) is 11.3. The Bertz CT molecular complexity index is 1060. The number of carbonyl (C=O) groups excluding carboxylic acids is 2. The predicted molar refractivity (Wildman–Crippen MR) is 137 cm³/mol. The Morgan fingerprint density at radius 1 is 0.909 bits per heavy atom. The quantitative estimate of drug-likeness (QED) is 0.360. The smallest absolute Gasteiger partial charge is 0.247 e. The van der Waals surface area contributed by atoms with Crippen molar-refractivity contribution < 1.29 is 9.59 Å². The van der Waals surface area contributed by atoms with E-state index < -0.39 is 0 Å². The van der Waals surface area contributed by atoms with Crippen molar-refractivity contribution in [1.29, 1.82) is 0 Å². The highest BCUT2D eigenvalue weighted by atomic mass is 32.1. The monoisotopic (exact) mass is 460 g/mol. The van der Waals surface area contributed by atoms with Gasteiger partial charge in [0.1, 0.15) is 6.54 Å². The van der Waals surface area contributed by atoms with Crippen LogP contribution in [0.1, 0.15) is 35.4 Å². The summed E-state index contributed by atoms with van der Waals surface area (Å²) in [6, 6.07) is 21.8. The van der Waals surface area contributed by atoms with Gasteiger partial charge in [-0.15, -0.1) is 11.3 Å². The maximum absolute atomic E-state index is 13.5. The first-order valence-corrected chi connectivity index (χ1v) is 12.2. The highest BCUT2D eigenvalue weighted by Crippen LogP contribution is 2.20. The Balaban J connectivity index is 1.77. The second kappa shape index (κ2) is 12.2. The first-order chi connectivity index (χ1) is 15.9. The van der Waals surface area contributed by atoms with Crippen LogP contribution < -0.4 is 0 Å². The maximum Gasteiger partial charge on any atom is 0.247 e. The highest BCUT2D eigenvalue weighted by Gasteiger charge is 2.22. The molecule has 0 bridgehead atoms. The molecule has 0 unspecified atom stereocenters. The molecule has 0 N–H and O–H groups in total. The number of thiophene rings is 1. The molecule has 5 heteroatoms. The number of amides is 2. The van der Waals surface area contributed by atoms with Crippen molar-refractivity contribution >= 4 is 29.2 Å². The molecular formula is C28H32N2O2S. The molecule has 0 aliphatic carbocycles. The van der Waals surface area contributed by atoms with E-state index in [1.165, 1.54) is 10.4 Å². The van der Waals surface area contributed by atoms with E-state index in [4.69, 9.17) is 0 Å². The molecule has 1 heterocycles. The van der Waals surface area contributed by atoms with Crippen LogP contribution >= 0.6 is 11.3 Å². The Morgan fingerprint density at radius 3 is 2.18 bits per heavy atom. The van der Waals surface area contributed by atoms with Crippen LogP contribution in [0.15, 0.2) is 78.2 Å². The number of carbonyl (C=O) groups is 2. The van der Waals surface area contributed by atoms with Gasteiger partial charge in [0.05, 0.1) is 6.54 Å². The maximum atomic E-state index is 13.5. The summed E-state index contributed by atoms with van der Waals surface area (Å²) >= 11 is 1.66. The van der Waals surface area contributed by atoms with Gasteiger partial charge in [-0.3, -0.25) is 9.59 Å². The van der Waals surface area contributed by atoms with Gasteiger partial charge in [-0.2, -0.15) is 0 Å². The predicted octanol–water partition coefficient (Wildman–Crippen LogP) is 5.78. The third-order valence-electron chi connectivity index (χ3n) is 5.31. The van der Waals surface area contributed by atoms with E-state index in [-0.39, 0.29) is 24.3 Å². The van der Waals surface area contributed by atoms with Crippen LogP contribution in [0.3, 0.4) is 0 Å². The van der Waals surface area contributed by atoms with Crippen LogP contribution in [0, 0.1) is 12.8 Å². The van der Waals surface area contributed by atoms with E-state index in [2.05, 4.69) is 32.2 Å². The summed E-state index contributed by atoms with van der Waals surface area (Å²) in [6.45, 7) is 7.83. The van der Waals surface area contributed by atoms with Gasteiger partial charge in [0, 0.05) is 24.0 Å². The molecule has 0 spiro atoms. The van der Waals surface area contributed by atoms with E-state index >= 15 is 0 Å². The standard InChI is InChI=1S/C28H32N2O2S/c1-22(2)18-29(27(31)15-14-24-10-6-4-7-11-24)21-28(32)30(19-25-12-8-5-9-13-25)20-26-23(3)16-17-33-26/h4-17,22H,18-21H2,1-3H3/b15-14+. The summed E-state index contributed by atoms with van der Waals surface area (Å²) in [7, 11) is 0. The Kier molecular flexibility index (Phi) is 9.02. The average Bonchev–Trinajstić information content (AvgIpc) is 3.22. The van der Waals surface area contributed by atoms with Gasteiger partial charge < -0.3 is 9.80 Å². The van der Waals surface area contributed by atoms with Crippen LogP contribution in [-0.2, 0) is 22.7 Å². The summed E-state index contributed by atoms with van der Waals surface area (Å²) in [5.74, 6) is 0.0654. The fraction of sp³-hybridized carbons (Fsp3) is 0.286. The molecule has 0 atom stereocenters. The molecule has 0 saturated heterocycles. The van der Waals surface area contributed by atoms with Crippen LogP contribution in [0.25, 0.3) is 6.08 Å². The van der Waals surface area contributed by atoms with Gasteiger partial charge in [-0.1, -0.05) is 74.5 Å². The Labute approximate surface area is 201 Å². The molecule has 1 aromatic heterocycles. The van der Waals surface area contributed by atoms with E-state index in [0.29, 0.717) is 19.6 Å². The lowest BCUT2D eigenvalue weighted by molar-refractivity contribution is -0.139.